The minimum atomic E-state index is 0.0700. The fraction of sp³-hybridized carbons (Fsp3) is 0.714. The van der Waals surface area contributed by atoms with E-state index in [1.165, 1.54) is 12.8 Å². The minimum absolute atomic E-state index is 0.0700. The van der Waals surface area contributed by atoms with Crippen molar-refractivity contribution in [3.05, 3.63) is 23.0 Å². The monoisotopic (exact) mass is 249 g/mol. The van der Waals surface area contributed by atoms with Gasteiger partial charge in [0.15, 0.2) is 0 Å². The van der Waals surface area contributed by atoms with E-state index in [-0.39, 0.29) is 6.04 Å². The van der Waals surface area contributed by atoms with Crippen LogP contribution in [0.4, 0.5) is 0 Å². The lowest BCUT2D eigenvalue weighted by molar-refractivity contribution is 0.101. The molecule has 1 saturated heterocycles. The summed E-state index contributed by atoms with van der Waals surface area (Å²) in [5.74, 6) is 0. The molecule has 2 heterocycles. The molecule has 2 unspecified atom stereocenters. The van der Waals surface area contributed by atoms with Gasteiger partial charge in [0, 0.05) is 12.6 Å². The van der Waals surface area contributed by atoms with Crippen molar-refractivity contribution in [3.8, 4) is 0 Å². The standard InChI is InChI=1S/C14H23N3O/c1-10-9-13(11(2)17-16-10)14(15)7-3-5-12-6-4-8-18-12/h9,12,14H,3-8,15H2,1-2H3. The Morgan fingerprint density at radius 3 is 3.00 bits per heavy atom. The van der Waals surface area contributed by atoms with Gasteiger partial charge in [-0.2, -0.15) is 10.2 Å². The molecular weight excluding hydrogens is 226 g/mol. The molecule has 2 atom stereocenters. The fourth-order valence-electron chi connectivity index (χ4n) is 2.54. The first kappa shape index (κ1) is 13.4. The van der Waals surface area contributed by atoms with Gasteiger partial charge in [0.1, 0.15) is 0 Å². The normalized spacial score (nSPS) is 21.2. The van der Waals surface area contributed by atoms with Crippen molar-refractivity contribution in [2.75, 3.05) is 6.61 Å². The molecule has 0 radical (unpaired) electrons. The van der Waals surface area contributed by atoms with Crippen LogP contribution in [0.25, 0.3) is 0 Å². The highest BCUT2D eigenvalue weighted by molar-refractivity contribution is 5.23. The van der Waals surface area contributed by atoms with Gasteiger partial charge in [-0.15, -0.1) is 0 Å². The number of nitrogens with two attached hydrogens (primary N) is 1. The fourth-order valence-corrected chi connectivity index (χ4v) is 2.54. The third-order valence-electron chi connectivity index (χ3n) is 3.60. The smallest absolute Gasteiger partial charge is 0.0648 e. The third kappa shape index (κ3) is 3.50. The summed E-state index contributed by atoms with van der Waals surface area (Å²) in [4.78, 5) is 0. The summed E-state index contributed by atoms with van der Waals surface area (Å²) in [5.41, 5.74) is 9.26. The molecule has 0 aromatic carbocycles. The molecule has 0 saturated carbocycles. The Morgan fingerprint density at radius 2 is 2.28 bits per heavy atom. The van der Waals surface area contributed by atoms with Crippen LogP contribution in [-0.4, -0.2) is 22.9 Å². The molecule has 18 heavy (non-hydrogen) atoms. The lowest BCUT2D eigenvalue weighted by Crippen LogP contribution is -2.14. The van der Waals surface area contributed by atoms with Crippen molar-refractivity contribution in [3.63, 3.8) is 0 Å². The Kier molecular flexibility index (Phi) is 4.66. The van der Waals surface area contributed by atoms with E-state index in [1.54, 1.807) is 0 Å². The first-order chi connectivity index (χ1) is 8.66. The van der Waals surface area contributed by atoms with E-state index in [0.717, 1.165) is 42.8 Å². The van der Waals surface area contributed by atoms with Crippen molar-refractivity contribution in [1.82, 2.24) is 10.2 Å². The highest BCUT2D eigenvalue weighted by atomic mass is 16.5. The van der Waals surface area contributed by atoms with Crippen molar-refractivity contribution >= 4 is 0 Å². The van der Waals surface area contributed by atoms with Gasteiger partial charge in [0.2, 0.25) is 0 Å². The first-order valence-electron chi connectivity index (χ1n) is 6.85. The third-order valence-corrected chi connectivity index (χ3v) is 3.60. The molecule has 1 aromatic heterocycles. The second-order valence-corrected chi connectivity index (χ2v) is 5.20. The van der Waals surface area contributed by atoms with Crippen LogP contribution in [-0.2, 0) is 4.74 Å². The second kappa shape index (κ2) is 6.25. The van der Waals surface area contributed by atoms with Crippen molar-refractivity contribution < 1.29 is 4.74 Å². The Bertz CT molecular complexity index is 389. The van der Waals surface area contributed by atoms with Crippen LogP contribution in [0.5, 0.6) is 0 Å². The predicted molar refractivity (Wildman–Crippen MR) is 71.3 cm³/mol. The molecule has 2 rings (SSSR count). The molecular formula is C14H23N3O. The van der Waals surface area contributed by atoms with Crippen LogP contribution in [0.1, 0.15) is 55.1 Å². The van der Waals surface area contributed by atoms with E-state index >= 15 is 0 Å². The van der Waals surface area contributed by atoms with E-state index in [0.29, 0.717) is 6.10 Å². The zero-order chi connectivity index (χ0) is 13.0. The molecule has 1 aliphatic rings. The summed E-state index contributed by atoms with van der Waals surface area (Å²) < 4.78 is 5.62. The molecule has 0 bridgehead atoms. The maximum atomic E-state index is 6.24. The summed E-state index contributed by atoms with van der Waals surface area (Å²) >= 11 is 0. The van der Waals surface area contributed by atoms with E-state index in [4.69, 9.17) is 10.5 Å². The molecule has 0 spiro atoms. The van der Waals surface area contributed by atoms with Crippen LogP contribution >= 0.6 is 0 Å². The van der Waals surface area contributed by atoms with Gasteiger partial charge in [-0.25, -0.2) is 0 Å². The van der Waals surface area contributed by atoms with E-state index in [1.807, 2.05) is 13.8 Å². The molecule has 1 aromatic rings. The van der Waals surface area contributed by atoms with Gasteiger partial charge in [-0.05, 0) is 57.6 Å². The number of rotatable bonds is 5. The van der Waals surface area contributed by atoms with Gasteiger partial charge >= 0.3 is 0 Å². The lowest BCUT2D eigenvalue weighted by Gasteiger charge is -2.15. The number of hydrogen-bond donors (Lipinski definition) is 1. The largest absolute Gasteiger partial charge is 0.378 e. The Labute approximate surface area is 109 Å². The van der Waals surface area contributed by atoms with Crippen LogP contribution in [0, 0.1) is 13.8 Å². The van der Waals surface area contributed by atoms with Crippen molar-refractivity contribution in [2.45, 2.75) is 58.1 Å². The quantitative estimate of drug-likeness (QED) is 0.870. The maximum absolute atomic E-state index is 6.24. The van der Waals surface area contributed by atoms with E-state index in [9.17, 15) is 0 Å². The van der Waals surface area contributed by atoms with Gasteiger partial charge in [0.25, 0.3) is 0 Å². The van der Waals surface area contributed by atoms with E-state index in [2.05, 4.69) is 16.3 Å². The summed E-state index contributed by atoms with van der Waals surface area (Å²) in [6.07, 6.45) is 6.13. The summed E-state index contributed by atoms with van der Waals surface area (Å²) in [7, 11) is 0. The lowest BCUT2D eigenvalue weighted by atomic mass is 9.99. The molecule has 100 valence electrons. The van der Waals surface area contributed by atoms with Gasteiger partial charge in [0.05, 0.1) is 17.5 Å². The summed E-state index contributed by atoms with van der Waals surface area (Å²) in [6.45, 7) is 4.86. The average Bonchev–Trinajstić information content (AvgIpc) is 2.85. The predicted octanol–water partition coefficient (Wildman–Crippen LogP) is 2.44. The molecule has 0 amide bonds. The number of nitrogens with zero attached hydrogens (tertiary/aromatic N) is 2. The molecule has 1 aliphatic heterocycles. The van der Waals surface area contributed by atoms with Gasteiger partial charge < -0.3 is 10.5 Å². The molecule has 0 aliphatic carbocycles. The van der Waals surface area contributed by atoms with Crippen molar-refractivity contribution in [2.24, 2.45) is 5.73 Å². The number of aromatic nitrogens is 2. The van der Waals surface area contributed by atoms with E-state index < -0.39 is 0 Å². The van der Waals surface area contributed by atoms with Crippen molar-refractivity contribution in [1.29, 1.82) is 0 Å². The minimum Gasteiger partial charge on any atom is -0.378 e. The highest BCUT2D eigenvalue weighted by Gasteiger charge is 2.16. The first-order valence-corrected chi connectivity index (χ1v) is 6.85. The zero-order valence-electron chi connectivity index (χ0n) is 11.4. The number of aryl methyl sites for hydroxylation is 2. The maximum Gasteiger partial charge on any atom is 0.0648 e. The summed E-state index contributed by atoms with van der Waals surface area (Å²) in [6, 6.07) is 2.12. The van der Waals surface area contributed by atoms with Crippen LogP contribution < -0.4 is 5.73 Å². The SMILES string of the molecule is Cc1cc(C(N)CCCC2CCCO2)c(C)nn1. The Balaban J connectivity index is 1.83. The second-order valence-electron chi connectivity index (χ2n) is 5.20. The van der Waals surface area contributed by atoms with Crippen LogP contribution in [0.2, 0.25) is 0 Å². The Hall–Kier alpha value is -1.00. The molecule has 2 N–H and O–H groups in total. The Morgan fingerprint density at radius 1 is 1.44 bits per heavy atom. The molecule has 4 heteroatoms. The van der Waals surface area contributed by atoms with Gasteiger partial charge in [-0.3, -0.25) is 0 Å². The average molecular weight is 249 g/mol. The zero-order valence-corrected chi connectivity index (χ0v) is 11.4. The number of hydrogen-bond acceptors (Lipinski definition) is 4. The van der Waals surface area contributed by atoms with Crippen LogP contribution in [0.15, 0.2) is 6.07 Å². The number of ether oxygens (including phenoxy) is 1. The summed E-state index contributed by atoms with van der Waals surface area (Å²) in [5, 5.41) is 8.17. The molecule has 4 nitrogen and oxygen atoms in total. The molecule has 1 fully saturated rings. The topological polar surface area (TPSA) is 61.0 Å². The highest BCUT2D eigenvalue weighted by Crippen LogP contribution is 2.23. The van der Waals surface area contributed by atoms with Crippen LogP contribution in [0.3, 0.4) is 0 Å². The van der Waals surface area contributed by atoms with Gasteiger partial charge in [-0.1, -0.05) is 0 Å².